The van der Waals surface area contributed by atoms with Crippen LogP contribution in [0.1, 0.15) is 34.6 Å². The molecule has 30 heavy (non-hydrogen) atoms. The van der Waals surface area contributed by atoms with Gasteiger partial charge in [-0.05, 0) is 34.6 Å². The molecule has 9 nitrogen and oxygen atoms in total. The van der Waals surface area contributed by atoms with Crippen LogP contribution in [0.3, 0.4) is 0 Å². The van der Waals surface area contributed by atoms with Gasteiger partial charge in [0, 0.05) is 0 Å². The molecule has 0 aliphatic rings. The molecule has 0 bridgehead atoms. The lowest BCUT2D eigenvalue weighted by Crippen LogP contribution is -2.27. The van der Waals surface area contributed by atoms with Crippen molar-refractivity contribution in [3.05, 3.63) is 0 Å². The van der Waals surface area contributed by atoms with E-state index in [2.05, 4.69) is 0 Å². The maximum absolute atomic E-state index is 11.4. The molecule has 0 amide bonds. The zero-order valence-electron chi connectivity index (χ0n) is 19.4. The van der Waals surface area contributed by atoms with Gasteiger partial charge < -0.3 is 37.9 Å². The van der Waals surface area contributed by atoms with Crippen molar-refractivity contribution in [1.29, 1.82) is 0 Å². The van der Waals surface area contributed by atoms with Crippen LogP contribution in [0.25, 0.3) is 0 Å². The molecule has 0 saturated heterocycles. The standard InChI is InChI=1S/C21H42O9/c1-19(2)29-17-16-27-13-12-25-9-8-23-6-7-24-10-11-26-14-15-28-18-20(22)30-21(3,4)5/h19H,6-18H2,1-5H3. The Kier molecular flexibility index (Phi) is 19.6. The lowest BCUT2D eigenvalue weighted by atomic mass is 10.2. The summed E-state index contributed by atoms with van der Waals surface area (Å²) < 4.78 is 42.6. The van der Waals surface area contributed by atoms with Crippen LogP contribution < -0.4 is 0 Å². The number of hydrogen-bond acceptors (Lipinski definition) is 9. The number of esters is 1. The van der Waals surface area contributed by atoms with E-state index >= 15 is 0 Å². The Morgan fingerprint density at radius 3 is 1.27 bits per heavy atom. The maximum atomic E-state index is 11.4. The minimum Gasteiger partial charge on any atom is -0.458 e. The Labute approximate surface area is 181 Å². The Hall–Kier alpha value is -0.810. The molecule has 9 heteroatoms. The third-order valence-corrected chi connectivity index (χ3v) is 3.18. The SMILES string of the molecule is CC(C)OCCOCCOCCOCCOCCOCCOCC(=O)OC(C)(C)C. The zero-order valence-corrected chi connectivity index (χ0v) is 19.4. The fourth-order valence-corrected chi connectivity index (χ4v) is 1.97. The molecule has 0 saturated carbocycles. The minimum absolute atomic E-state index is 0.0710. The zero-order chi connectivity index (χ0) is 22.5. The molecule has 0 rings (SSSR count). The van der Waals surface area contributed by atoms with Crippen LogP contribution in [-0.2, 0) is 42.7 Å². The predicted molar refractivity (Wildman–Crippen MR) is 112 cm³/mol. The number of carbonyl (C=O) groups excluding carboxylic acids is 1. The van der Waals surface area contributed by atoms with E-state index in [1.54, 1.807) is 0 Å². The van der Waals surface area contributed by atoms with Gasteiger partial charge in [-0.2, -0.15) is 0 Å². The van der Waals surface area contributed by atoms with E-state index in [1.165, 1.54) is 0 Å². The van der Waals surface area contributed by atoms with Gasteiger partial charge in [0.25, 0.3) is 0 Å². The molecule has 0 aliphatic heterocycles. The molecule has 0 unspecified atom stereocenters. The van der Waals surface area contributed by atoms with Crippen LogP contribution in [0.4, 0.5) is 0 Å². The molecule has 0 N–H and O–H groups in total. The van der Waals surface area contributed by atoms with Gasteiger partial charge in [-0.1, -0.05) is 0 Å². The van der Waals surface area contributed by atoms with E-state index in [1.807, 2.05) is 34.6 Å². The van der Waals surface area contributed by atoms with Gasteiger partial charge in [-0.3, -0.25) is 0 Å². The quantitative estimate of drug-likeness (QED) is 0.197. The van der Waals surface area contributed by atoms with Gasteiger partial charge in [0.2, 0.25) is 0 Å². The molecule has 0 aromatic heterocycles. The summed E-state index contributed by atoms with van der Waals surface area (Å²) in [5.41, 5.74) is -0.497. The smallest absolute Gasteiger partial charge is 0.332 e. The number of ether oxygens (including phenoxy) is 8. The van der Waals surface area contributed by atoms with Crippen molar-refractivity contribution >= 4 is 5.97 Å². The molecule has 0 fully saturated rings. The summed E-state index contributed by atoms with van der Waals surface area (Å²) in [4.78, 5) is 11.4. The Balaban J connectivity index is 3.12. The fraction of sp³-hybridized carbons (Fsp3) is 0.952. The normalized spacial score (nSPS) is 11.9. The molecular weight excluding hydrogens is 396 g/mol. The van der Waals surface area contributed by atoms with Crippen LogP contribution in [0.5, 0.6) is 0 Å². The van der Waals surface area contributed by atoms with Crippen molar-refractivity contribution in [1.82, 2.24) is 0 Å². The van der Waals surface area contributed by atoms with Gasteiger partial charge in [0.15, 0.2) is 0 Å². The van der Waals surface area contributed by atoms with Crippen molar-refractivity contribution in [2.75, 3.05) is 85.9 Å². The molecule has 0 spiro atoms. The van der Waals surface area contributed by atoms with E-state index in [0.29, 0.717) is 79.3 Å². The van der Waals surface area contributed by atoms with Crippen molar-refractivity contribution < 1.29 is 42.7 Å². The van der Waals surface area contributed by atoms with Crippen molar-refractivity contribution in [2.24, 2.45) is 0 Å². The largest absolute Gasteiger partial charge is 0.458 e. The number of hydrogen-bond donors (Lipinski definition) is 0. The highest BCUT2D eigenvalue weighted by Crippen LogP contribution is 2.06. The summed E-state index contributed by atoms with van der Waals surface area (Å²) in [5, 5.41) is 0. The van der Waals surface area contributed by atoms with Gasteiger partial charge >= 0.3 is 5.97 Å². The summed E-state index contributed by atoms with van der Waals surface area (Å²) in [6.07, 6.45) is 0.232. The summed E-state index contributed by atoms with van der Waals surface area (Å²) in [6, 6.07) is 0. The van der Waals surface area contributed by atoms with Gasteiger partial charge in [-0.15, -0.1) is 0 Å². The molecule has 0 radical (unpaired) electrons. The highest BCUT2D eigenvalue weighted by Gasteiger charge is 2.15. The monoisotopic (exact) mass is 438 g/mol. The molecular formula is C21H42O9. The highest BCUT2D eigenvalue weighted by molar-refractivity contribution is 5.71. The maximum Gasteiger partial charge on any atom is 0.332 e. The Morgan fingerprint density at radius 1 is 0.600 bits per heavy atom. The van der Waals surface area contributed by atoms with Crippen LogP contribution in [0.15, 0.2) is 0 Å². The number of rotatable bonds is 21. The van der Waals surface area contributed by atoms with Crippen LogP contribution >= 0.6 is 0 Å². The van der Waals surface area contributed by atoms with E-state index in [-0.39, 0.29) is 18.7 Å². The average Bonchev–Trinajstić information content (AvgIpc) is 2.64. The second-order valence-electron chi connectivity index (χ2n) is 7.62. The van der Waals surface area contributed by atoms with Crippen LogP contribution in [-0.4, -0.2) is 104 Å². The fourth-order valence-electron chi connectivity index (χ4n) is 1.97. The van der Waals surface area contributed by atoms with Gasteiger partial charge in [0.1, 0.15) is 12.2 Å². The van der Waals surface area contributed by atoms with Crippen molar-refractivity contribution in [3.63, 3.8) is 0 Å². The summed E-state index contributed by atoms with van der Waals surface area (Å²) >= 11 is 0. The van der Waals surface area contributed by atoms with Crippen LogP contribution in [0.2, 0.25) is 0 Å². The van der Waals surface area contributed by atoms with Crippen molar-refractivity contribution in [2.45, 2.75) is 46.3 Å². The van der Waals surface area contributed by atoms with Gasteiger partial charge in [0.05, 0.1) is 85.4 Å². The first-order chi connectivity index (χ1) is 14.3. The topological polar surface area (TPSA) is 90.9 Å². The third kappa shape index (κ3) is 25.2. The Bertz CT molecular complexity index is 383. The third-order valence-electron chi connectivity index (χ3n) is 3.18. The summed E-state index contributed by atoms with van der Waals surface area (Å²) in [6.45, 7) is 15.4. The molecule has 0 atom stereocenters. The first-order valence-corrected chi connectivity index (χ1v) is 10.6. The first-order valence-electron chi connectivity index (χ1n) is 10.6. The second-order valence-corrected chi connectivity index (χ2v) is 7.62. The lowest BCUT2D eigenvalue weighted by Gasteiger charge is -2.19. The highest BCUT2D eigenvalue weighted by atomic mass is 16.6. The predicted octanol–water partition coefficient (Wildman–Crippen LogP) is 1.85. The van der Waals surface area contributed by atoms with Gasteiger partial charge in [-0.25, -0.2) is 4.79 Å². The number of carbonyl (C=O) groups is 1. The Morgan fingerprint density at radius 2 is 0.933 bits per heavy atom. The summed E-state index contributed by atoms with van der Waals surface area (Å²) in [5.74, 6) is -0.378. The van der Waals surface area contributed by atoms with E-state index < -0.39 is 5.60 Å². The lowest BCUT2D eigenvalue weighted by molar-refractivity contribution is -0.160. The molecule has 0 aromatic rings. The molecule has 180 valence electrons. The first kappa shape index (κ1) is 29.2. The molecule has 0 aromatic carbocycles. The molecule has 0 aliphatic carbocycles. The average molecular weight is 439 g/mol. The minimum atomic E-state index is -0.497. The molecule has 0 heterocycles. The van der Waals surface area contributed by atoms with E-state index in [9.17, 15) is 4.79 Å². The second kappa shape index (κ2) is 20.1. The summed E-state index contributed by atoms with van der Waals surface area (Å²) in [7, 11) is 0. The van der Waals surface area contributed by atoms with E-state index in [0.717, 1.165) is 0 Å². The van der Waals surface area contributed by atoms with Crippen molar-refractivity contribution in [3.8, 4) is 0 Å². The van der Waals surface area contributed by atoms with Crippen LogP contribution in [0, 0.1) is 0 Å². The van der Waals surface area contributed by atoms with E-state index in [4.69, 9.17) is 37.9 Å².